The van der Waals surface area contributed by atoms with Crippen LogP contribution in [-0.4, -0.2) is 14.3 Å². The van der Waals surface area contributed by atoms with Crippen LogP contribution in [0.15, 0.2) is 77.7 Å². The van der Waals surface area contributed by atoms with E-state index in [2.05, 4.69) is 10.0 Å². The van der Waals surface area contributed by atoms with Crippen LogP contribution in [0, 0.1) is 5.82 Å². The Balaban J connectivity index is 1.85. The summed E-state index contributed by atoms with van der Waals surface area (Å²) < 4.78 is 41.2. The number of rotatable bonds is 5. The third-order valence-electron chi connectivity index (χ3n) is 3.65. The molecule has 0 aromatic heterocycles. The van der Waals surface area contributed by atoms with E-state index in [0.29, 0.717) is 0 Å². The number of hydrogen-bond acceptors (Lipinski definition) is 3. The maximum atomic E-state index is 13.7. The first-order valence-corrected chi connectivity index (χ1v) is 9.66. The summed E-state index contributed by atoms with van der Waals surface area (Å²) in [6.07, 6.45) is 0. The Morgan fingerprint density at radius 2 is 1.56 bits per heavy atom. The van der Waals surface area contributed by atoms with E-state index < -0.39 is 21.7 Å². The van der Waals surface area contributed by atoms with Crippen LogP contribution in [0.3, 0.4) is 0 Å². The molecule has 0 saturated heterocycles. The van der Waals surface area contributed by atoms with Gasteiger partial charge >= 0.3 is 0 Å². The number of para-hydroxylation sites is 2. The maximum Gasteiger partial charge on any atom is 0.261 e. The summed E-state index contributed by atoms with van der Waals surface area (Å²) in [5.41, 5.74) is 0.297. The molecule has 138 valence electrons. The quantitative estimate of drug-likeness (QED) is 0.655. The van der Waals surface area contributed by atoms with Crippen LogP contribution in [0.5, 0.6) is 0 Å². The molecule has 3 aromatic carbocycles. The third-order valence-corrected chi connectivity index (χ3v) is 5.34. The Hall–Kier alpha value is -2.90. The van der Waals surface area contributed by atoms with E-state index in [0.717, 1.165) is 0 Å². The first-order chi connectivity index (χ1) is 12.9. The van der Waals surface area contributed by atoms with E-state index in [-0.39, 0.29) is 26.9 Å². The van der Waals surface area contributed by atoms with Crippen molar-refractivity contribution in [2.45, 2.75) is 4.90 Å². The zero-order chi connectivity index (χ0) is 19.4. The van der Waals surface area contributed by atoms with Gasteiger partial charge in [-0.1, -0.05) is 41.9 Å². The number of sulfonamides is 1. The van der Waals surface area contributed by atoms with Crippen LogP contribution < -0.4 is 10.0 Å². The Labute approximate surface area is 160 Å². The minimum Gasteiger partial charge on any atom is -0.319 e. The first kappa shape index (κ1) is 18.9. The second-order valence-corrected chi connectivity index (χ2v) is 7.64. The molecule has 0 spiro atoms. The average molecular weight is 405 g/mol. The van der Waals surface area contributed by atoms with Gasteiger partial charge in [0.15, 0.2) is 0 Å². The van der Waals surface area contributed by atoms with Gasteiger partial charge in [-0.15, -0.1) is 0 Å². The zero-order valence-corrected chi connectivity index (χ0v) is 15.4. The third kappa shape index (κ3) is 4.45. The van der Waals surface area contributed by atoms with Crippen molar-refractivity contribution in [3.8, 4) is 0 Å². The van der Waals surface area contributed by atoms with Crippen molar-refractivity contribution in [3.05, 3.63) is 89.2 Å². The van der Waals surface area contributed by atoms with Crippen LogP contribution in [0.25, 0.3) is 0 Å². The fraction of sp³-hybridized carbons (Fsp3) is 0. The van der Waals surface area contributed by atoms with Crippen LogP contribution >= 0.6 is 11.6 Å². The van der Waals surface area contributed by atoms with Gasteiger partial charge < -0.3 is 5.32 Å². The zero-order valence-electron chi connectivity index (χ0n) is 13.8. The molecule has 8 heteroatoms. The van der Waals surface area contributed by atoms with Crippen molar-refractivity contribution in [1.82, 2.24) is 0 Å². The van der Waals surface area contributed by atoms with Crippen molar-refractivity contribution in [1.29, 1.82) is 0 Å². The summed E-state index contributed by atoms with van der Waals surface area (Å²) in [5.74, 6) is -1.22. The van der Waals surface area contributed by atoms with Crippen molar-refractivity contribution in [3.63, 3.8) is 0 Å². The summed E-state index contributed by atoms with van der Waals surface area (Å²) in [7, 11) is -3.96. The largest absolute Gasteiger partial charge is 0.319 e. The molecule has 0 saturated carbocycles. The molecule has 0 heterocycles. The molecule has 0 unspecified atom stereocenters. The monoisotopic (exact) mass is 404 g/mol. The summed E-state index contributed by atoms with van der Waals surface area (Å²) in [5, 5.41) is 2.66. The Bertz CT molecular complexity index is 1100. The molecule has 27 heavy (non-hydrogen) atoms. The Kier molecular flexibility index (Phi) is 5.43. The molecule has 0 fully saturated rings. The van der Waals surface area contributed by atoms with E-state index in [1.165, 1.54) is 48.5 Å². The lowest BCUT2D eigenvalue weighted by Gasteiger charge is -2.11. The standard InChI is InChI=1S/C19H14ClFN2O3S/c20-15-8-1-3-10-17(15)23-27(25,26)14-7-5-6-13(12-14)19(24)22-18-11-4-2-9-16(18)21/h1-12,23H,(H,22,24). The molecule has 0 radical (unpaired) electrons. The molecule has 0 atom stereocenters. The molecule has 0 aliphatic rings. The molecule has 3 rings (SSSR count). The van der Waals surface area contributed by atoms with Crippen LogP contribution in [0.4, 0.5) is 15.8 Å². The van der Waals surface area contributed by atoms with Gasteiger partial charge in [-0.2, -0.15) is 0 Å². The van der Waals surface area contributed by atoms with Gasteiger partial charge in [-0.05, 0) is 42.5 Å². The van der Waals surface area contributed by atoms with Crippen LogP contribution in [0.1, 0.15) is 10.4 Å². The van der Waals surface area contributed by atoms with Gasteiger partial charge in [0.2, 0.25) is 0 Å². The predicted octanol–water partition coefficient (Wildman–Crippen LogP) is 4.53. The summed E-state index contributed by atoms with van der Waals surface area (Å²) in [6.45, 7) is 0. The molecule has 0 bridgehead atoms. The summed E-state index contributed by atoms with van der Waals surface area (Å²) >= 11 is 5.98. The summed E-state index contributed by atoms with van der Waals surface area (Å²) in [4.78, 5) is 12.2. The summed E-state index contributed by atoms with van der Waals surface area (Å²) in [6, 6.07) is 17.5. The van der Waals surface area contributed by atoms with Gasteiger partial charge in [0.25, 0.3) is 15.9 Å². The minimum atomic E-state index is -3.96. The molecule has 0 aliphatic heterocycles. The molecule has 5 nitrogen and oxygen atoms in total. The van der Waals surface area contributed by atoms with E-state index >= 15 is 0 Å². The van der Waals surface area contributed by atoms with E-state index in [1.54, 1.807) is 24.3 Å². The van der Waals surface area contributed by atoms with E-state index in [4.69, 9.17) is 11.6 Å². The number of amides is 1. The van der Waals surface area contributed by atoms with E-state index in [9.17, 15) is 17.6 Å². The lowest BCUT2D eigenvalue weighted by molar-refractivity contribution is 0.102. The SMILES string of the molecule is O=C(Nc1ccccc1F)c1cccc(S(=O)(=O)Nc2ccccc2Cl)c1. The topological polar surface area (TPSA) is 75.3 Å². The van der Waals surface area contributed by atoms with E-state index in [1.807, 2.05) is 0 Å². The average Bonchev–Trinajstić information content (AvgIpc) is 2.65. The smallest absolute Gasteiger partial charge is 0.261 e. The number of nitrogens with one attached hydrogen (secondary N) is 2. The first-order valence-electron chi connectivity index (χ1n) is 7.80. The van der Waals surface area contributed by atoms with Gasteiger partial charge in [-0.3, -0.25) is 9.52 Å². The molecular weight excluding hydrogens is 391 g/mol. The lowest BCUT2D eigenvalue weighted by Crippen LogP contribution is -2.16. The highest BCUT2D eigenvalue weighted by molar-refractivity contribution is 7.92. The predicted molar refractivity (Wildman–Crippen MR) is 103 cm³/mol. The van der Waals surface area contributed by atoms with Crippen LogP contribution in [0.2, 0.25) is 5.02 Å². The van der Waals surface area contributed by atoms with Gasteiger partial charge in [0.05, 0.1) is 21.3 Å². The Morgan fingerprint density at radius 3 is 2.26 bits per heavy atom. The minimum absolute atomic E-state index is 0.00459. The highest BCUT2D eigenvalue weighted by Crippen LogP contribution is 2.24. The highest BCUT2D eigenvalue weighted by Gasteiger charge is 2.18. The molecule has 3 aromatic rings. The van der Waals surface area contributed by atoms with Crippen molar-refractivity contribution >= 4 is 38.9 Å². The number of carbonyl (C=O) groups is 1. The van der Waals surface area contributed by atoms with Gasteiger partial charge in [0, 0.05) is 5.56 Å². The second-order valence-electron chi connectivity index (χ2n) is 5.55. The van der Waals surface area contributed by atoms with Gasteiger partial charge in [-0.25, -0.2) is 12.8 Å². The fourth-order valence-electron chi connectivity index (χ4n) is 2.31. The molecular formula is C19H14ClFN2O3S. The van der Waals surface area contributed by atoms with Crippen molar-refractivity contribution in [2.24, 2.45) is 0 Å². The molecule has 2 N–H and O–H groups in total. The fourth-order valence-corrected chi connectivity index (χ4v) is 3.67. The normalized spacial score (nSPS) is 11.0. The van der Waals surface area contributed by atoms with Crippen molar-refractivity contribution < 1.29 is 17.6 Å². The highest BCUT2D eigenvalue weighted by atomic mass is 35.5. The van der Waals surface area contributed by atoms with Crippen LogP contribution in [-0.2, 0) is 10.0 Å². The van der Waals surface area contributed by atoms with Gasteiger partial charge in [0.1, 0.15) is 5.82 Å². The number of halogens is 2. The number of carbonyl (C=O) groups excluding carboxylic acids is 1. The second kappa shape index (κ2) is 7.77. The number of hydrogen-bond donors (Lipinski definition) is 2. The number of benzene rings is 3. The molecule has 1 amide bonds. The maximum absolute atomic E-state index is 13.7. The Morgan fingerprint density at radius 1 is 0.889 bits per heavy atom. The molecule has 0 aliphatic carbocycles. The number of anilines is 2. The van der Waals surface area contributed by atoms with Crippen molar-refractivity contribution in [2.75, 3.05) is 10.0 Å². The lowest BCUT2D eigenvalue weighted by atomic mass is 10.2.